The molecule has 0 spiro atoms. The minimum Gasteiger partial charge on any atom is -0.488 e. The van der Waals surface area contributed by atoms with Gasteiger partial charge in [-0.25, -0.2) is 0 Å². The summed E-state index contributed by atoms with van der Waals surface area (Å²) in [7, 11) is 0. The Kier molecular flexibility index (Phi) is 9.79. The van der Waals surface area contributed by atoms with Crippen LogP contribution in [0, 0.1) is 0 Å². The number of carbonyl (C=O) groups is 1. The minimum absolute atomic E-state index is 0.0339. The molecule has 0 atom stereocenters. The van der Waals surface area contributed by atoms with E-state index in [0.717, 1.165) is 54.7 Å². The minimum atomic E-state index is -0.252. The van der Waals surface area contributed by atoms with Crippen LogP contribution in [0.25, 0.3) is 11.1 Å². The van der Waals surface area contributed by atoms with Crippen LogP contribution in [0.15, 0.2) is 72.8 Å². The fourth-order valence-corrected chi connectivity index (χ4v) is 3.85. The highest BCUT2D eigenvalue weighted by Crippen LogP contribution is 2.32. The number of amides is 1. The third-order valence-electron chi connectivity index (χ3n) is 6.93. The molecule has 0 radical (unpaired) electrons. The van der Waals surface area contributed by atoms with Crippen LogP contribution < -0.4 is 14.8 Å². The second kappa shape index (κ2) is 12.8. The lowest BCUT2D eigenvalue weighted by Crippen LogP contribution is -2.28. The molecule has 0 aromatic heterocycles. The van der Waals surface area contributed by atoms with Crippen molar-refractivity contribution in [3.8, 4) is 22.6 Å². The number of unbranched alkanes of at least 4 members (excludes halogenated alkanes) is 1. The molecule has 4 nitrogen and oxygen atoms in total. The van der Waals surface area contributed by atoms with Crippen LogP contribution >= 0.6 is 0 Å². The van der Waals surface area contributed by atoms with E-state index in [1.165, 1.54) is 5.56 Å². The number of hydrogen-bond donors (Lipinski definition) is 1. The van der Waals surface area contributed by atoms with Crippen molar-refractivity contribution in [1.82, 2.24) is 5.32 Å². The summed E-state index contributed by atoms with van der Waals surface area (Å²) in [5.41, 5.74) is 3.63. The van der Waals surface area contributed by atoms with Crippen molar-refractivity contribution in [2.45, 2.75) is 84.8 Å². The molecule has 3 rings (SSSR count). The van der Waals surface area contributed by atoms with Crippen molar-refractivity contribution >= 4 is 5.91 Å². The molecular formula is C33H43NO3. The van der Waals surface area contributed by atoms with Gasteiger partial charge in [0.05, 0.1) is 0 Å². The smallest absolute Gasteiger partial charge is 0.251 e. The lowest BCUT2D eigenvalue weighted by Gasteiger charge is -2.29. The van der Waals surface area contributed by atoms with Crippen molar-refractivity contribution < 1.29 is 14.3 Å². The van der Waals surface area contributed by atoms with Crippen LogP contribution in [0.5, 0.6) is 11.5 Å². The van der Waals surface area contributed by atoms with E-state index in [0.29, 0.717) is 12.1 Å². The van der Waals surface area contributed by atoms with Gasteiger partial charge in [-0.15, -0.1) is 0 Å². The summed E-state index contributed by atoms with van der Waals surface area (Å²) in [6.07, 6.45) is 4.57. The summed E-state index contributed by atoms with van der Waals surface area (Å²) in [5, 5.41) is 3.06. The third kappa shape index (κ3) is 8.66. The van der Waals surface area contributed by atoms with Gasteiger partial charge in [0, 0.05) is 18.2 Å². The lowest BCUT2D eigenvalue weighted by atomic mass is 10.0. The first-order valence-electron chi connectivity index (χ1n) is 13.6. The zero-order valence-electron chi connectivity index (χ0n) is 23.4. The maximum atomic E-state index is 12.6. The molecule has 4 heteroatoms. The van der Waals surface area contributed by atoms with E-state index in [2.05, 4.69) is 65.1 Å². The Morgan fingerprint density at radius 3 is 2.03 bits per heavy atom. The number of aryl methyl sites for hydroxylation is 1. The van der Waals surface area contributed by atoms with Crippen molar-refractivity contribution in [3.05, 3.63) is 83.9 Å². The van der Waals surface area contributed by atoms with Gasteiger partial charge >= 0.3 is 0 Å². The Bertz CT molecular complexity index is 1130. The van der Waals surface area contributed by atoms with E-state index < -0.39 is 0 Å². The Morgan fingerprint density at radius 1 is 0.757 bits per heavy atom. The van der Waals surface area contributed by atoms with Crippen molar-refractivity contribution in [2.24, 2.45) is 0 Å². The maximum absolute atomic E-state index is 12.6. The summed E-state index contributed by atoms with van der Waals surface area (Å²) in [6.45, 7) is 13.3. The highest BCUT2D eigenvalue weighted by Gasteiger charge is 2.21. The van der Waals surface area contributed by atoms with Crippen molar-refractivity contribution in [1.29, 1.82) is 0 Å². The average Bonchev–Trinajstić information content (AvgIpc) is 2.89. The standard InChI is InChI=1S/C33H43NO3/c1-7-32(3,4)36-29-22-21-27(30(24-29)37-33(5,6)8-2)16-12-13-23-34-31(35)28-19-17-26(18-20-28)25-14-10-9-11-15-25/h9-11,14-15,17-22,24H,7-8,12-13,16,23H2,1-6H3,(H,34,35). The molecule has 198 valence electrons. The highest BCUT2D eigenvalue weighted by molar-refractivity contribution is 5.94. The molecule has 0 aliphatic carbocycles. The van der Waals surface area contributed by atoms with E-state index in [-0.39, 0.29) is 17.1 Å². The Labute approximate surface area is 223 Å². The summed E-state index contributed by atoms with van der Waals surface area (Å²) < 4.78 is 12.6. The lowest BCUT2D eigenvalue weighted by molar-refractivity contribution is 0.0942. The van der Waals surface area contributed by atoms with E-state index in [4.69, 9.17) is 9.47 Å². The van der Waals surface area contributed by atoms with Gasteiger partial charge < -0.3 is 14.8 Å². The second-order valence-electron chi connectivity index (χ2n) is 10.9. The summed E-state index contributed by atoms with van der Waals surface area (Å²) in [4.78, 5) is 12.6. The van der Waals surface area contributed by atoms with Crippen LogP contribution in [-0.4, -0.2) is 23.7 Å². The van der Waals surface area contributed by atoms with Crippen molar-refractivity contribution in [3.63, 3.8) is 0 Å². The Balaban J connectivity index is 1.54. The number of benzene rings is 3. The molecule has 1 N–H and O–H groups in total. The van der Waals surface area contributed by atoms with Gasteiger partial charge in [-0.1, -0.05) is 62.4 Å². The average molecular weight is 502 g/mol. The van der Waals surface area contributed by atoms with Gasteiger partial charge in [0.2, 0.25) is 0 Å². The van der Waals surface area contributed by atoms with Gasteiger partial charge in [0.1, 0.15) is 22.7 Å². The predicted octanol–water partition coefficient (Wildman–Crippen LogP) is 8.24. The van der Waals surface area contributed by atoms with Crippen LogP contribution in [0.4, 0.5) is 0 Å². The molecular weight excluding hydrogens is 458 g/mol. The second-order valence-corrected chi connectivity index (χ2v) is 10.9. The largest absolute Gasteiger partial charge is 0.488 e. The molecule has 0 bridgehead atoms. The normalized spacial score (nSPS) is 11.7. The summed E-state index contributed by atoms with van der Waals surface area (Å²) in [6, 6.07) is 24.2. The van der Waals surface area contributed by atoms with Gasteiger partial charge in [-0.05, 0) is 94.7 Å². The van der Waals surface area contributed by atoms with Crippen molar-refractivity contribution in [2.75, 3.05) is 6.54 Å². The molecule has 0 saturated carbocycles. The molecule has 0 saturated heterocycles. The summed E-state index contributed by atoms with van der Waals surface area (Å²) >= 11 is 0. The van der Waals surface area contributed by atoms with Crippen LogP contribution in [0.2, 0.25) is 0 Å². The Morgan fingerprint density at radius 2 is 1.38 bits per heavy atom. The van der Waals surface area contributed by atoms with E-state index in [1.54, 1.807) is 0 Å². The number of nitrogens with one attached hydrogen (secondary N) is 1. The molecule has 0 heterocycles. The SMILES string of the molecule is CCC(C)(C)Oc1ccc(CCCCNC(=O)c2ccc(-c3ccccc3)cc2)c(OC(C)(C)CC)c1. The zero-order valence-corrected chi connectivity index (χ0v) is 23.4. The fraction of sp³-hybridized carbons (Fsp3) is 0.424. The quantitative estimate of drug-likeness (QED) is 0.240. The molecule has 3 aromatic carbocycles. The number of ether oxygens (including phenoxy) is 2. The van der Waals surface area contributed by atoms with Crippen LogP contribution in [0.3, 0.4) is 0 Å². The molecule has 37 heavy (non-hydrogen) atoms. The topological polar surface area (TPSA) is 47.6 Å². The van der Waals surface area contributed by atoms with Gasteiger partial charge in [0.15, 0.2) is 0 Å². The first-order valence-corrected chi connectivity index (χ1v) is 13.6. The van der Waals surface area contributed by atoms with Gasteiger partial charge in [0.25, 0.3) is 5.91 Å². The summed E-state index contributed by atoms with van der Waals surface area (Å²) in [5.74, 6) is 1.69. The van der Waals surface area contributed by atoms with E-state index in [1.807, 2.05) is 54.6 Å². The molecule has 1 amide bonds. The van der Waals surface area contributed by atoms with E-state index >= 15 is 0 Å². The van der Waals surface area contributed by atoms with Gasteiger partial charge in [-0.3, -0.25) is 4.79 Å². The number of rotatable bonds is 13. The zero-order chi connectivity index (χ0) is 26.9. The first-order chi connectivity index (χ1) is 17.6. The number of carbonyl (C=O) groups excluding carboxylic acids is 1. The monoisotopic (exact) mass is 501 g/mol. The molecule has 0 unspecified atom stereocenters. The predicted molar refractivity (Wildman–Crippen MR) is 154 cm³/mol. The maximum Gasteiger partial charge on any atom is 0.251 e. The first kappa shape index (κ1) is 28.3. The molecule has 0 aliphatic heterocycles. The fourth-order valence-electron chi connectivity index (χ4n) is 3.85. The van der Waals surface area contributed by atoms with Crippen LogP contribution in [-0.2, 0) is 6.42 Å². The number of hydrogen-bond acceptors (Lipinski definition) is 3. The van der Waals surface area contributed by atoms with Gasteiger partial charge in [-0.2, -0.15) is 0 Å². The molecule has 3 aromatic rings. The molecule has 0 fully saturated rings. The highest BCUT2D eigenvalue weighted by atomic mass is 16.5. The van der Waals surface area contributed by atoms with Crippen LogP contribution in [0.1, 0.15) is 83.1 Å². The van der Waals surface area contributed by atoms with E-state index in [9.17, 15) is 4.79 Å². The Hall–Kier alpha value is -3.27. The molecule has 0 aliphatic rings. The third-order valence-corrected chi connectivity index (χ3v) is 6.93.